The highest BCUT2D eigenvalue weighted by Gasteiger charge is 2.16. The number of benzene rings is 2. The van der Waals surface area contributed by atoms with E-state index in [1.807, 2.05) is 12.1 Å². The Kier molecular flexibility index (Phi) is 4.69. The Morgan fingerprint density at radius 2 is 1.89 bits per heavy atom. The Bertz CT molecular complexity index is 1150. The summed E-state index contributed by atoms with van der Waals surface area (Å²) in [6.45, 7) is 1.36. The molecule has 0 aliphatic heterocycles. The van der Waals surface area contributed by atoms with Gasteiger partial charge in [0.15, 0.2) is 0 Å². The molecular formula is C22H19NO5. The number of ether oxygens (including phenoxy) is 1. The van der Waals surface area contributed by atoms with Gasteiger partial charge in [-0.2, -0.15) is 0 Å². The standard InChI is InChI=1S/C22H19NO5/c1-13(24)23-18-7-3-6-16(8-18)22(26)27-12-17-11-21(25)28-20-10-15-5-2-4-14(15)9-19(17)20/h3,6-11H,2,4-5,12H2,1H3,(H,23,24). The van der Waals surface area contributed by atoms with Crippen LogP contribution in [0.4, 0.5) is 5.69 Å². The fourth-order valence-corrected chi connectivity index (χ4v) is 3.57. The Hall–Kier alpha value is -3.41. The van der Waals surface area contributed by atoms with E-state index in [1.54, 1.807) is 24.3 Å². The van der Waals surface area contributed by atoms with Crippen LogP contribution in [-0.2, 0) is 29.0 Å². The summed E-state index contributed by atoms with van der Waals surface area (Å²) < 4.78 is 10.8. The van der Waals surface area contributed by atoms with Gasteiger partial charge in [-0.25, -0.2) is 9.59 Å². The van der Waals surface area contributed by atoms with E-state index >= 15 is 0 Å². The van der Waals surface area contributed by atoms with Crippen LogP contribution < -0.4 is 10.9 Å². The van der Waals surface area contributed by atoms with E-state index in [0.29, 0.717) is 22.4 Å². The molecule has 6 heteroatoms. The molecule has 142 valence electrons. The van der Waals surface area contributed by atoms with Crippen molar-refractivity contribution < 1.29 is 18.7 Å². The summed E-state index contributed by atoms with van der Waals surface area (Å²) in [5.74, 6) is -0.754. The van der Waals surface area contributed by atoms with Crippen LogP contribution in [0.25, 0.3) is 11.0 Å². The molecule has 0 bridgehead atoms. The minimum atomic E-state index is -0.533. The smallest absolute Gasteiger partial charge is 0.338 e. The van der Waals surface area contributed by atoms with Crippen molar-refractivity contribution in [2.45, 2.75) is 32.8 Å². The molecule has 1 aliphatic carbocycles. The third kappa shape index (κ3) is 3.67. The Balaban J connectivity index is 1.58. The lowest BCUT2D eigenvalue weighted by molar-refractivity contribution is -0.114. The first kappa shape index (κ1) is 18.0. The molecule has 0 spiro atoms. The molecule has 6 nitrogen and oxygen atoms in total. The minimum absolute atomic E-state index is 0.0376. The molecule has 1 aliphatic rings. The SMILES string of the molecule is CC(=O)Nc1cccc(C(=O)OCc2cc(=O)oc3cc4c(cc23)CCC4)c1. The van der Waals surface area contributed by atoms with E-state index in [2.05, 4.69) is 5.32 Å². The van der Waals surface area contributed by atoms with Gasteiger partial charge in [0, 0.05) is 29.6 Å². The van der Waals surface area contributed by atoms with Crippen molar-refractivity contribution in [2.75, 3.05) is 5.32 Å². The van der Waals surface area contributed by atoms with Gasteiger partial charge < -0.3 is 14.5 Å². The number of carbonyl (C=O) groups is 2. The van der Waals surface area contributed by atoms with Crippen molar-refractivity contribution in [3.05, 3.63) is 75.1 Å². The Morgan fingerprint density at radius 1 is 1.11 bits per heavy atom. The normalized spacial score (nSPS) is 12.6. The second-order valence-electron chi connectivity index (χ2n) is 6.90. The molecule has 2 aromatic carbocycles. The van der Waals surface area contributed by atoms with Crippen molar-refractivity contribution in [3.63, 3.8) is 0 Å². The summed E-state index contributed by atoms with van der Waals surface area (Å²) in [5, 5.41) is 3.42. The van der Waals surface area contributed by atoms with Gasteiger partial charge in [-0.05, 0) is 60.7 Å². The molecule has 4 rings (SSSR count). The van der Waals surface area contributed by atoms with Crippen LogP contribution in [0.15, 0.2) is 51.7 Å². The molecule has 1 aromatic heterocycles. The molecule has 0 saturated heterocycles. The topological polar surface area (TPSA) is 85.6 Å². The number of amides is 1. The quantitative estimate of drug-likeness (QED) is 0.555. The third-order valence-corrected chi connectivity index (χ3v) is 4.82. The Morgan fingerprint density at radius 3 is 2.68 bits per heavy atom. The summed E-state index contributed by atoms with van der Waals surface area (Å²) in [6.07, 6.45) is 3.07. The Labute approximate surface area is 161 Å². The zero-order valence-corrected chi connectivity index (χ0v) is 15.4. The fraction of sp³-hybridized carbons (Fsp3) is 0.227. The van der Waals surface area contributed by atoms with Crippen molar-refractivity contribution >= 4 is 28.5 Å². The van der Waals surface area contributed by atoms with Gasteiger partial charge in [0.05, 0.1) is 5.56 Å². The lowest BCUT2D eigenvalue weighted by atomic mass is 10.0. The molecule has 1 heterocycles. The van der Waals surface area contributed by atoms with Gasteiger partial charge in [-0.3, -0.25) is 4.79 Å². The van der Waals surface area contributed by atoms with Crippen LogP contribution >= 0.6 is 0 Å². The first-order valence-electron chi connectivity index (χ1n) is 9.13. The first-order chi connectivity index (χ1) is 13.5. The summed E-state index contributed by atoms with van der Waals surface area (Å²) in [7, 11) is 0. The number of hydrogen-bond acceptors (Lipinski definition) is 5. The summed E-state index contributed by atoms with van der Waals surface area (Å²) >= 11 is 0. The highest BCUT2D eigenvalue weighted by atomic mass is 16.5. The van der Waals surface area contributed by atoms with E-state index in [4.69, 9.17) is 9.15 Å². The van der Waals surface area contributed by atoms with E-state index in [9.17, 15) is 14.4 Å². The molecule has 0 radical (unpaired) electrons. The molecule has 3 aromatic rings. The molecule has 0 unspecified atom stereocenters. The average Bonchev–Trinajstić information content (AvgIpc) is 3.11. The average molecular weight is 377 g/mol. The van der Waals surface area contributed by atoms with Gasteiger partial charge in [0.25, 0.3) is 0 Å². The number of fused-ring (bicyclic) bond motifs is 2. The van der Waals surface area contributed by atoms with E-state index in [1.165, 1.54) is 24.1 Å². The number of hydrogen-bond donors (Lipinski definition) is 1. The summed E-state index contributed by atoms with van der Waals surface area (Å²) in [5.41, 5.74) is 3.96. The van der Waals surface area contributed by atoms with Gasteiger partial charge >= 0.3 is 11.6 Å². The molecular weight excluding hydrogens is 358 g/mol. The molecule has 1 N–H and O–H groups in total. The highest BCUT2D eigenvalue weighted by molar-refractivity contribution is 5.93. The zero-order chi connectivity index (χ0) is 19.7. The number of rotatable bonds is 4. The van der Waals surface area contributed by atoms with Crippen LogP contribution in [0, 0.1) is 0 Å². The molecule has 0 atom stereocenters. The zero-order valence-electron chi connectivity index (χ0n) is 15.4. The number of nitrogens with one attached hydrogen (secondary N) is 1. The lowest BCUT2D eigenvalue weighted by Crippen LogP contribution is -2.10. The van der Waals surface area contributed by atoms with Crippen LogP contribution in [0.5, 0.6) is 0 Å². The van der Waals surface area contributed by atoms with Gasteiger partial charge in [-0.1, -0.05) is 6.07 Å². The number of esters is 1. The van der Waals surface area contributed by atoms with Crippen LogP contribution in [-0.4, -0.2) is 11.9 Å². The number of aryl methyl sites for hydroxylation is 2. The molecule has 0 saturated carbocycles. The van der Waals surface area contributed by atoms with Gasteiger partial charge in [0.2, 0.25) is 5.91 Å². The van der Waals surface area contributed by atoms with Crippen molar-refractivity contribution in [1.29, 1.82) is 0 Å². The van der Waals surface area contributed by atoms with Crippen molar-refractivity contribution in [1.82, 2.24) is 0 Å². The fourth-order valence-electron chi connectivity index (χ4n) is 3.57. The molecule has 0 fully saturated rings. The summed E-state index contributed by atoms with van der Waals surface area (Å²) in [4.78, 5) is 35.5. The maximum atomic E-state index is 12.4. The second kappa shape index (κ2) is 7.31. The van der Waals surface area contributed by atoms with E-state index in [-0.39, 0.29) is 12.5 Å². The van der Waals surface area contributed by atoms with Gasteiger partial charge in [-0.15, -0.1) is 0 Å². The van der Waals surface area contributed by atoms with Crippen LogP contribution in [0.2, 0.25) is 0 Å². The maximum absolute atomic E-state index is 12.4. The van der Waals surface area contributed by atoms with Crippen LogP contribution in [0.1, 0.15) is 40.4 Å². The highest BCUT2D eigenvalue weighted by Crippen LogP contribution is 2.29. The number of carbonyl (C=O) groups excluding carboxylic acids is 2. The predicted molar refractivity (Wildman–Crippen MR) is 104 cm³/mol. The van der Waals surface area contributed by atoms with Crippen LogP contribution in [0.3, 0.4) is 0 Å². The molecule has 28 heavy (non-hydrogen) atoms. The van der Waals surface area contributed by atoms with E-state index in [0.717, 1.165) is 24.6 Å². The van der Waals surface area contributed by atoms with Crippen molar-refractivity contribution in [3.8, 4) is 0 Å². The lowest BCUT2D eigenvalue weighted by Gasteiger charge is -2.10. The monoisotopic (exact) mass is 377 g/mol. The third-order valence-electron chi connectivity index (χ3n) is 4.82. The van der Waals surface area contributed by atoms with Gasteiger partial charge in [0.1, 0.15) is 12.2 Å². The maximum Gasteiger partial charge on any atom is 0.338 e. The predicted octanol–water partition coefficient (Wildman–Crippen LogP) is 3.60. The number of anilines is 1. The second-order valence-corrected chi connectivity index (χ2v) is 6.90. The first-order valence-corrected chi connectivity index (χ1v) is 9.13. The minimum Gasteiger partial charge on any atom is -0.457 e. The van der Waals surface area contributed by atoms with E-state index < -0.39 is 11.6 Å². The summed E-state index contributed by atoms with van der Waals surface area (Å²) in [6, 6.07) is 11.8. The molecule has 1 amide bonds. The van der Waals surface area contributed by atoms with Crippen molar-refractivity contribution in [2.24, 2.45) is 0 Å². The largest absolute Gasteiger partial charge is 0.457 e.